The monoisotopic (exact) mass is 275 g/mol. The highest BCUT2D eigenvalue weighted by atomic mass is 16.2. The lowest BCUT2D eigenvalue weighted by atomic mass is 9.82. The highest BCUT2D eigenvalue weighted by molar-refractivity contribution is 5.20. The van der Waals surface area contributed by atoms with Crippen molar-refractivity contribution in [3.05, 3.63) is 35.9 Å². The van der Waals surface area contributed by atoms with Gasteiger partial charge in [-0.1, -0.05) is 43.2 Å². The van der Waals surface area contributed by atoms with Gasteiger partial charge in [0.15, 0.2) is 0 Å². The standard InChI is InChI=1S/C18H29NO/c20-15-7-2-1-6-14-19-18-12-10-17(11-13-18)16-8-4-3-5-9-16/h3-5,8-9,17-20H,1-2,6-7,10-15H2. The smallest absolute Gasteiger partial charge is 0.0431 e. The third-order valence-electron chi connectivity index (χ3n) is 4.52. The number of rotatable bonds is 8. The Balaban J connectivity index is 1.58. The number of hydrogen-bond donors (Lipinski definition) is 2. The molecule has 0 atom stereocenters. The summed E-state index contributed by atoms with van der Waals surface area (Å²) >= 11 is 0. The second-order valence-corrected chi connectivity index (χ2v) is 6.05. The summed E-state index contributed by atoms with van der Waals surface area (Å²) in [6.07, 6.45) is 9.90. The lowest BCUT2D eigenvalue weighted by molar-refractivity contribution is 0.281. The van der Waals surface area contributed by atoms with Gasteiger partial charge >= 0.3 is 0 Å². The number of aliphatic hydroxyl groups is 1. The van der Waals surface area contributed by atoms with Crippen molar-refractivity contribution >= 4 is 0 Å². The zero-order valence-corrected chi connectivity index (χ0v) is 12.6. The Hall–Kier alpha value is -0.860. The molecule has 112 valence electrons. The van der Waals surface area contributed by atoms with Crippen LogP contribution in [-0.2, 0) is 0 Å². The molecule has 0 aliphatic heterocycles. The van der Waals surface area contributed by atoms with Crippen molar-refractivity contribution in [1.82, 2.24) is 5.32 Å². The van der Waals surface area contributed by atoms with Crippen LogP contribution < -0.4 is 5.32 Å². The van der Waals surface area contributed by atoms with Gasteiger partial charge in [-0.3, -0.25) is 0 Å². The summed E-state index contributed by atoms with van der Waals surface area (Å²) in [7, 11) is 0. The van der Waals surface area contributed by atoms with Gasteiger partial charge in [0.2, 0.25) is 0 Å². The molecule has 1 aliphatic carbocycles. The van der Waals surface area contributed by atoms with E-state index in [1.54, 1.807) is 0 Å². The minimum Gasteiger partial charge on any atom is -0.396 e. The molecule has 2 N–H and O–H groups in total. The molecular weight excluding hydrogens is 246 g/mol. The Kier molecular flexibility index (Phi) is 7.10. The van der Waals surface area contributed by atoms with Crippen LogP contribution in [0.4, 0.5) is 0 Å². The number of benzene rings is 1. The first kappa shape index (κ1) is 15.5. The fourth-order valence-electron chi connectivity index (χ4n) is 3.25. The fraction of sp³-hybridized carbons (Fsp3) is 0.667. The van der Waals surface area contributed by atoms with Crippen LogP contribution >= 0.6 is 0 Å². The van der Waals surface area contributed by atoms with E-state index >= 15 is 0 Å². The molecule has 1 aliphatic rings. The van der Waals surface area contributed by atoms with E-state index in [2.05, 4.69) is 35.6 Å². The van der Waals surface area contributed by atoms with Gasteiger partial charge in [0.1, 0.15) is 0 Å². The third-order valence-corrected chi connectivity index (χ3v) is 4.52. The molecule has 2 rings (SSSR count). The van der Waals surface area contributed by atoms with Crippen molar-refractivity contribution in [2.75, 3.05) is 13.2 Å². The van der Waals surface area contributed by atoms with Crippen LogP contribution in [0.15, 0.2) is 30.3 Å². The topological polar surface area (TPSA) is 32.3 Å². The van der Waals surface area contributed by atoms with E-state index in [0.717, 1.165) is 24.9 Å². The first-order chi connectivity index (χ1) is 9.90. The summed E-state index contributed by atoms with van der Waals surface area (Å²) in [6.45, 7) is 1.49. The van der Waals surface area contributed by atoms with Crippen LogP contribution in [0.1, 0.15) is 62.8 Å². The van der Waals surface area contributed by atoms with Crippen molar-refractivity contribution in [3.8, 4) is 0 Å². The maximum Gasteiger partial charge on any atom is 0.0431 e. The van der Waals surface area contributed by atoms with Gasteiger partial charge in [-0.15, -0.1) is 0 Å². The minimum absolute atomic E-state index is 0.344. The maximum atomic E-state index is 8.73. The normalized spacial score (nSPS) is 22.9. The van der Waals surface area contributed by atoms with Crippen LogP contribution in [0.3, 0.4) is 0 Å². The molecule has 0 radical (unpaired) electrons. The highest BCUT2D eigenvalue weighted by Crippen LogP contribution is 2.32. The third kappa shape index (κ3) is 5.26. The van der Waals surface area contributed by atoms with Crippen molar-refractivity contribution in [3.63, 3.8) is 0 Å². The molecule has 0 spiro atoms. The molecule has 1 saturated carbocycles. The second kappa shape index (κ2) is 9.15. The van der Waals surface area contributed by atoms with Crippen LogP contribution in [-0.4, -0.2) is 24.3 Å². The molecule has 0 saturated heterocycles. The molecule has 2 nitrogen and oxygen atoms in total. The summed E-state index contributed by atoms with van der Waals surface area (Å²) in [5.41, 5.74) is 1.52. The molecule has 1 aromatic rings. The summed E-state index contributed by atoms with van der Waals surface area (Å²) in [5.74, 6) is 0.777. The minimum atomic E-state index is 0.344. The van der Waals surface area contributed by atoms with Crippen molar-refractivity contribution < 1.29 is 5.11 Å². The molecule has 2 heteroatoms. The van der Waals surface area contributed by atoms with Crippen LogP contribution in [0.25, 0.3) is 0 Å². The Morgan fingerprint density at radius 1 is 0.900 bits per heavy atom. The Morgan fingerprint density at radius 2 is 1.60 bits per heavy atom. The molecule has 0 amide bonds. The SMILES string of the molecule is OCCCCCCNC1CCC(c2ccccc2)CC1. The van der Waals surface area contributed by atoms with E-state index < -0.39 is 0 Å². The summed E-state index contributed by atoms with van der Waals surface area (Å²) in [6, 6.07) is 11.7. The Labute approximate surface area is 123 Å². The van der Waals surface area contributed by atoms with Gasteiger partial charge in [-0.2, -0.15) is 0 Å². The van der Waals surface area contributed by atoms with E-state index in [-0.39, 0.29) is 0 Å². The summed E-state index contributed by atoms with van der Waals surface area (Å²) < 4.78 is 0. The molecule has 0 heterocycles. The Morgan fingerprint density at radius 3 is 2.30 bits per heavy atom. The molecule has 0 aromatic heterocycles. The zero-order chi connectivity index (χ0) is 14.0. The maximum absolute atomic E-state index is 8.73. The lowest BCUT2D eigenvalue weighted by Crippen LogP contribution is -2.33. The van der Waals surface area contributed by atoms with Crippen molar-refractivity contribution in [2.45, 2.75) is 63.3 Å². The summed E-state index contributed by atoms with van der Waals surface area (Å²) in [4.78, 5) is 0. The fourth-order valence-corrected chi connectivity index (χ4v) is 3.25. The predicted molar refractivity (Wildman–Crippen MR) is 85.0 cm³/mol. The van der Waals surface area contributed by atoms with Crippen LogP contribution in [0, 0.1) is 0 Å². The predicted octanol–water partition coefficient (Wildman–Crippen LogP) is 3.86. The van der Waals surface area contributed by atoms with Crippen molar-refractivity contribution in [2.24, 2.45) is 0 Å². The molecule has 1 fully saturated rings. The number of hydrogen-bond acceptors (Lipinski definition) is 2. The number of aliphatic hydroxyl groups excluding tert-OH is 1. The van der Waals surface area contributed by atoms with E-state index in [0.29, 0.717) is 6.61 Å². The molecular formula is C18H29NO. The van der Waals surface area contributed by atoms with E-state index in [1.807, 2.05) is 0 Å². The lowest BCUT2D eigenvalue weighted by Gasteiger charge is -2.29. The van der Waals surface area contributed by atoms with Gasteiger partial charge in [-0.05, 0) is 56.6 Å². The molecule has 0 unspecified atom stereocenters. The molecule has 20 heavy (non-hydrogen) atoms. The zero-order valence-electron chi connectivity index (χ0n) is 12.6. The van der Waals surface area contributed by atoms with Crippen LogP contribution in [0.5, 0.6) is 0 Å². The van der Waals surface area contributed by atoms with E-state index in [9.17, 15) is 0 Å². The largest absolute Gasteiger partial charge is 0.396 e. The highest BCUT2D eigenvalue weighted by Gasteiger charge is 2.21. The molecule has 0 bridgehead atoms. The number of unbranched alkanes of at least 4 members (excludes halogenated alkanes) is 3. The first-order valence-electron chi connectivity index (χ1n) is 8.29. The van der Waals surface area contributed by atoms with E-state index in [1.165, 1.54) is 50.5 Å². The van der Waals surface area contributed by atoms with Gasteiger partial charge < -0.3 is 10.4 Å². The van der Waals surface area contributed by atoms with Crippen LogP contribution in [0.2, 0.25) is 0 Å². The average molecular weight is 275 g/mol. The average Bonchev–Trinajstić information content (AvgIpc) is 2.52. The Bertz CT molecular complexity index is 344. The number of nitrogens with one attached hydrogen (secondary N) is 1. The first-order valence-corrected chi connectivity index (χ1v) is 8.29. The van der Waals surface area contributed by atoms with Gasteiger partial charge in [0.05, 0.1) is 0 Å². The molecule has 1 aromatic carbocycles. The van der Waals surface area contributed by atoms with E-state index in [4.69, 9.17) is 5.11 Å². The van der Waals surface area contributed by atoms with Gasteiger partial charge in [0.25, 0.3) is 0 Å². The van der Waals surface area contributed by atoms with Gasteiger partial charge in [-0.25, -0.2) is 0 Å². The summed E-state index contributed by atoms with van der Waals surface area (Å²) in [5, 5.41) is 12.4. The van der Waals surface area contributed by atoms with Gasteiger partial charge in [0, 0.05) is 12.6 Å². The quantitative estimate of drug-likeness (QED) is 0.706. The van der Waals surface area contributed by atoms with Crippen molar-refractivity contribution in [1.29, 1.82) is 0 Å². The second-order valence-electron chi connectivity index (χ2n) is 6.05.